The number of piperazine rings is 1. The predicted molar refractivity (Wildman–Crippen MR) is 220 cm³/mol. The zero-order chi connectivity index (χ0) is 40.8. The van der Waals surface area contributed by atoms with Crippen molar-refractivity contribution in [2.45, 2.75) is 76.3 Å². The number of hydrogen-bond donors (Lipinski definition) is 3. The summed E-state index contributed by atoms with van der Waals surface area (Å²) < 4.78 is 0. The van der Waals surface area contributed by atoms with Crippen LogP contribution < -0.4 is 16.0 Å². The summed E-state index contributed by atoms with van der Waals surface area (Å²) in [4.78, 5) is 86.2. The maximum atomic E-state index is 14.0. The van der Waals surface area contributed by atoms with E-state index in [-0.39, 0.29) is 80.1 Å². The number of carbonyl (C=O) groups is 6. The Bertz CT molecular complexity index is 1960. The van der Waals surface area contributed by atoms with Crippen molar-refractivity contribution < 1.29 is 28.8 Å². The molecular weight excluding hydrogens is 733 g/mol. The second-order valence-corrected chi connectivity index (χ2v) is 16.3. The molecule has 2 aliphatic heterocycles. The van der Waals surface area contributed by atoms with Gasteiger partial charge in [-0.2, -0.15) is 0 Å². The Hall–Kier alpha value is -5.52. The molecule has 4 fully saturated rings. The van der Waals surface area contributed by atoms with E-state index < -0.39 is 17.9 Å². The van der Waals surface area contributed by atoms with Crippen molar-refractivity contribution in [1.82, 2.24) is 30.7 Å². The molecule has 6 amide bonds. The molecule has 2 aliphatic carbocycles. The molecule has 4 aliphatic rings. The number of likely N-dealkylation sites (N-methyl/N-ethyl adjacent to an activating group) is 1. The topological polar surface area (TPSA) is 148 Å². The largest absolute Gasteiger partial charge is 0.355 e. The normalized spacial score (nSPS) is 24.8. The minimum absolute atomic E-state index is 0.0166. The van der Waals surface area contributed by atoms with Crippen LogP contribution in [-0.2, 0) is 19.2 Å². The number of rotatable bonds is 15. The van der Waals surface area contributed by atoms with E-state index in [0.717, 1.165) is 32.1 Å². The van der Waals surface area contributed by atoms with Crippen LogP contribution in [0.3, 0.4) is 0 Å². The van der Waals surface area contributed by atoms with E-state index in [0.29, 0.717) is 42.5 Å². The average Bonchev–Trinajstić information content (AvgIpc) is 4.17. The summed E-state index contributed by atoms with van der Waals surface area (Å²) in [5, 5.41) is 9.11. The van der Waals surface area contributed by atoms with Crippen molar-refractivity contribution in [2.75, 3.05) is 45.8 Å². The first-order chi connectivity index (χ1) is 28.2. The molecule has 2 heterocycles. The first-order valence-electron chi connectivity index (χ1n) is 21.1. The van der Waals surface area contributed by atoms with Crippen LogP contribution in [0.15, 0.2) is 84.9 Å². The van der Waals surface area contributed by atoms with Gasteiger partial charge in [0.25, 0.3) is 11.8 Å². The molecule has 58 heavy (non-hydrogen) atoms. The van der Waals surface area contributed by atoms with Gasteiger partial charge in [0.1, 0.15) is 6.04 Å². The van der Waals surface area contributed by atoms with Crippen LogP contribution >= 0.6 is 0 Å². The van der Waals surface area contributed by atoms with E-state index in [1.165, 1.54) is 11.1 Å². The second kappa shape index (κ2) is 18.4. The lowest BCUT2D eigenvalue weighted by Gasteiger charge is -2.40. The Labute approximate surface area is 341 Å². The van der Waals surface area contributed by atoms with E-state index in [1.807, 2.05) is 43.3 Å². The Morgan fingerprint density at radius 3 is 1.84 bits per heavy atom. The molecule has 3 aromatic carbocycles. The zero-order valence-corrected chi connectivity index (χ0v) is 33.6. The summed E-state index contributed by atoms with van der Waals surface area (Å²) >= 11 is 0. The fourth-order valence-electron chi connectivity index (χ4n) is 8.73. The summed E-state index contributed by atoms with van der Waals surface area (Å²) in [5.74, 6) is -1.88. The van der Waals surface area contributed by atoms with Gasteiger partial charge < -0.3 is 30.7 Å². The molecule has 3 aromatic rings. The van der Waals surface area contributed by atoms with Gasteiger partial charge in [-0.05, 0) is 73.4 Å². The molecule has 12 nitrogen and oxygen atoms in total. The minimum Gasteiger partial charge on any atom is -0.355 e. The van der Waals surface area contributed by atoms with E-state index in [1.54, 1.807) is 39.0 Å². The van der Waals surface area contributed by atoms with Crippen molar-refractivity contribution in [3.63, 3.8) is 0 Å². The maximum absolute atomic E-state index is 14.0. The SMILES string of the molecule is CCCCCC(=O)N1CCN(C(=O)c2ccc(C(=O)N3C[C@@H](C(=O)NC[C@H]4C[C@@H]4c4ccccc4)[C@H](C(=O)N[C@H]4C[C@@H]4c4ccccc4)C3)cc2)CC1C(=O)NCC. The van der Waals surface area contributed by atoms with Gasteiger partial charge in [0.15, 0.2) is 0 Å². The van der Waals surface area contributed by atoms with Crippen LogP contribution in [0.5, 0.6) is 0 Å². The molecule has 7 rings (SSSR count). The third kappa shape index (κ3) is 9.43. The second-order valence-electron chi connectivity index (χ2n) is 16.3. The highest BCUT2D eigenvalue weighted by Gasteiger charge is 2.48. The summed E-state index contributed by atoms with van der Waals surface area (Å²) in [6.07, 6.45) is 4.87. The molecule has 0 radical (unpaired) electrons. The van der Waals surface area contributed by atoms with Crippen LogP contribution in [0.4, 0.5) is 0 Å². The highest BCUT2D eigenvalue weighted by atomic mass is 16.2. The Morgan fingerprint density at radius 2 is 1.22 bits per heavy atom. The molecule has 1 unspecified atom stereocenters. The number of benzene rings is 3. The number of nitrogens with zero attached hydrogens (tertiary/aromatic N) is 3. The van der Waals surface area contributed by atoms with E-state index >= 15 is 0 Å². The van der Waals surface area contributed by atoms with Crippen molar-refractivity contribution in [2.24, 2.45) is 17.8 Å². The molecule has 7 atom stereocenters. The van der Waals surface area contributed by atoms with Crippen LogP contribution in [-0.4, -0.2) is 108 Å². The Morgan fingerprint density at radius 1 is 0.621 bits per heavy atom. The van der Waals surface area contributed by atoms with E-state index in [4.69, 9.17) is 0 Å². The summed E-state index contributed by atoms with van der Waals surface area (Å²) in [6, 6.07) is 25.9. The van der Waals surface area contributed by atoms with Crippen LogP contribution in [0.25, 0.3) is 0 Å². The van der Waals surface area contributed by atoms with Gasteiger partial charge in [-0.15, -0.1) is 0 Å². The Balaban J connectivity index is 0.993. The quantitative estimate of drug-likeness (QED) is 0.196. The lowest BCUT2D eigenvalue weighted by Crippen LogP contribution is -2.61. The van der Waals surface area contributed by atoms with Gasteiger partial charge in [0.05, 0.1) is 18.4 Å². The average molecular weight is 789 g/mol. The molecule has 0 spiro atoms. The standard InChI is InChI=1S/C46H56N6O6/c1-3-5-8-17-41(53)52-23-22-50(29-40(52)44(56)47-4-2)45(57)32-18-20-33(21-19-32)46(58)51-27-37(42(54)48-26-34-24-35(34)30-13-9-6-10-14-30)38(28-51)43(55)49-39-25-36(39)31-15-11-7-12-16-31/h6-7,9-16,18-21,34-40H,3-5,8,17,22-29H2,1-2H3,(H,47,56)(H,48,54)(H,49,55)/t34-,35-,36-,37-,38-,39+,40?/m1/s1. The molecule has 3 N–H and O–H groups in total. The highest BCUT2D eigenvalue weighted by molar-refractivity contribution is 5.99. The van der Waals surface area contributed by atoms with Gasteiger partial charge in [0.2, 0.25) is 23.6 Å². The highest BCUT2D eigenvalue weighted by Crippen LogP contribution is 2.47. The Kier molecular flexibility index (Phi) is 12.9. The molecule has 12 heteroatoms. The number of carbonyl (C=O) groups excluding carboxylic acids is 6. The van der Waals surface area contributed by atoms with Gasteiger partial charge in [-0.3, -0.25) is 28.8 Å². The number of amides is 6. The van der Waals surface area contributed by atoms with E-state index in [2.05, 4.69) is 47.1 Å². The fraction of sp³-hybridized carbons (Fsp3) is 0.478. The van der Waals surface area contributed by atoms with Gasteiger partial charge in [-0.1, -0.05) is 80.4 Å². The first-order valence-corrected chi connectivity index (χ1v) is 21.1. The van der Waals surface area contributed by atoms with Gasteiger partial charge in [-0.25, -0.2) is 0 Å². The summed E-state index contributed by atoms with van der Waals surface area (Å²) in [7, 11) is 0. The van der Waals surface area contributed by atoms with Crippen molar-refractivity contribution in [1.29, 1.82) is 0 Å². The lowest BCUT2D eigenvalue weighted by atomic mass is 9.94. The van der Waals surface area contributed by atoms with Gasteiger partial charge in [0, 0.05) is 68.8 Å². The van der Waals surface area contributed by atoms with Crippen molar-refractivity contribution >= 4 is 35.4 Å². The smallest absolute Gasteiger partial charge is 0.253 e. The number of unbranched alkanes of at least 4 members (excludes halogenated alkanes) is 2. The third-order valence-electron chi connectivity index (χ3n) is 12.3. The van der Waals surface area contributed by atoms with Crippen molar-refractivity contribution in [3.05, 3.63) is 107 Å². The monoisotopic (exact) mass is 788 g/mol. The molecule has 306 valence electrons. The molecule has 0 aromatic heterocycles. The first kappa shape index (κ1) is 40.7. The van der Waals surface area contributed by atoms with Crippen molar-refractivity contribution in [3.8, 4) is 0 Å². The molecular formula is C46H56N6O6. The molecule has 0 bridgehead atoms. The van der Waals surface area contributed by atoms with Crippen LogP contribution in [0.1, 0.15) is 96.1 Å². The molecule has 2 saturated heterocycles. The summed E-state index contributed by atoms with van der Waals surface area (Å²) in [5.41, 5.74) is 3.13. The third-order valence-corrected chi connectivity index (χ3v) is 12.3. The predicted octanol–water partition coefficient (Wildman–Crippen LogP) is 4.34. The lowest BCUT2D eigenvalue weighted by molar-refractivity contribution is -0.143. The zero-order valence-electron chi connectivity index (χ0n) is 33.6. The fourth-order valence-corrected chi connectivity index (χ4v) is 8.73. The molecule has 2 saturated carbocycles. The van der Waals surface area contributed by atoms with Crippen LogP contribution in [0, 0.1) is 17.8 Å². The number of nitrogens with one attached hydrogen (secondary N) is 3. The maximum Gasteiger partial charge on any atom is 0.253 e. The minimum atomic E-state index is -0.781. The van der Waals surface area contributed by atoms with Crippen LogP contribution in [0.2, 0.25) is 0 Å². The van der Waals surface area contributed by atoms with Gasteiger partial charge >= 0.3 is 0 Å². The number of hydrogen-bond acceptors (Lipinski definition) is 6. The summed E-state index contributed by atoms with van der Waals surface area (Å²) in [6.45, 7) is 5.64. The van der Waals surface area contributed by atoms with E-state index in [9.17, 15) is 28.8 Å². The number of likely N-dealkylation sites (tertiary alicyclic amines) is 1.